The van der Waals surface area contributed by atoms with E-state index in [1.807, 2.05) is 4.90 Å². The van der Waals surface area contributed by atoms with Gasteiger partial charge in [0.25, 0.3) is 0 Å². The molecule has 2 fully saturated rings. The fourth-order valence-corrected chi connectivity index (χ4v) is 2.97. The van der Waals surface area contributed by atoms with E-state index >= 15 is 0 Å². The molecule has 2 aliphatic rings. The van der Waals surface area contributed by atoms with Crippen molar-refractivity contribution < 1.29 is 23.5 Å². The summed E-state index contributed by atoms with van der Waals surface area (Å²) in [6, 6.07) is 4.20. The number of ether oxygens (including phenoxy) is 2. The molecule has 0 radical (unpaired) electrons. The minimum atomic E-state index is -0.540. The van der Waals surface area contributed by atoms with E-state index in [9.17, 15) is 14.0 Å². The summed E-state index contributed by atoms with van der Waals surface area (Å²) in [6.45, 7) is 4.60. The molecule has 2 amide bonds. The maximum absolute atomic E-state index is 14.5. The van der Waals surface area contributed by atoms with Gasteiger partial charge in [0.1, 0.15) is 11.9 Å². The molecular formula is C17H23FN4O4. The van der Waals surface area contributed by atoms with E-state index < -0.39 is 24.1 Å². The number of carbonyl (C=O) groups excluding carboxylic acids is 2. The Morgan fingerprint density at radius 2 is 2.15 bits per heavy atom. The maximum Gasteiger partial charge on any atom is 0.414 e. The summed E-state index contributed by atoms with van der Waals surface area (Å²) in [5, 5.41) is 2.91. The molecule has 0 bridgehead atoms. The van der Waals surface area contributed by atoms with Gasteiger partial charge < -0.3 is 25.4 Å². The fourth-order valence-electron chi connectivity index (χ4n) is 2.97. The van der Waals surface area contributed by atoms with E-state index in [0.29, 0.717) is 44.2 Å². The van der Waals surface area contributed by atoms with Gasteiger partial charge in [-0.05, 0) is 25.1 Å². The Kier molecular flexibility index (Phi) is 5.58. The first-order chi connectivity index (χ1) is 12.5. The average molecular weight is 366 g/mol. The van der Waals surface area contributed by atoms with Gasteiger partial charge in [0.05, 0.1) is 37.2 Å². The van der Waals surface area contributed by atoms with Gasteiger partial charge in [-0.1, -0.05) is 0 Å². The van der Waals surface area contributed by atoms with Gasteiger partial charge in [0.2, 0.25) is 5.91 Å². The monoisotopic (exact) mass is 366 g/mol. The van der Waals surface area contributed by atoms with Crippen molar-refractivity contribution in [3.63, 3.8) is 0 Å². The summed E-state index contributed by atoms with van der Waals surface area (Å²) in [4.78, 5) is 26.4. The lowest BCUT2D eigenvalue weighted by Gasteiger charge is -2.29. The van der Waals surface area contributed by atoms with Crippen LogP contribution in [0, 0.1) is 5.82 Å². The number of nitrogens with two attached hydrogens (primary N) is 1. The fraction of sp³-hybridized carbons (Fsp3) is 0.529. The second-order valence-corrected chi connectivity index (χ2v) is 6.38. The normalized spacial score (nSPS) is 21.6. The number of primary amides is 1. The Labute approximate surface area is 151 Å². The molecule has 0 spiro atoms. The molecule has 3 N–H and O–H groups in total. The molecule has 142 valence electrons. The molecule has 0 aromatic heterocycles. The number of rotatable bonds is 6. The van der Waals surface area contributed by atoms with Crippen LogP contribution in [0.25, 0.3) is 0 Å². The van der Waals surface area contributed by atoms with Crippen LogP contribution in [0.3, 0.4) is 0 Å². The smallest absolute Gasteiger partial charge is 0.414 e. The van der Waals surface area contributed by atoms with Crippen molar-refractivity contribution in [2.24, 2.45) is 5.73 Å². The van der Waals surface area contributed by atoms with Crippen molar-refractivity contribution in [1.29, 1.82) is 0 Å². The quantitative estimate of drug-likeness (QED) is 0.759. The third-order valence-electron chi connectivity index (χ3n) is 4.55. The summed E-state index contributed by atoms with van der Waals surface area (Å²) >= 11 is 0. The van der Waals surface area contributed by atoms with Crippen LogP contribution >= 0.6 is 0 Å². The highest BCUT2D eigenvalue weighted by molar-refractivity contribution is 5.90. The van der Waals surface area contributed by atoms with Crippen molar-refractivity contribution in [2.45, 2.75) is 19.1 Å². The van der Waals surface area contributed by atoms with Crippen molar-refractivity contribution in [2.75, 3.05) is 49.2 Å². The zero-order valence-electron chi connectivity index (χ0n) is 14.6. The van der Waals surface area contributed by atoms with Crippen LogP contribution in [-0.2, 0) is 14.3 Å². The summed E-state index contributed by atoms with van der Waals surface area (Å²) in [5.41, 5.74) is 6.12. The molecule has 0 aliphatic carbocycles. The second-order valence-electron chi connectivity index (χ2n) is 6.38. The molecule has 3 rings (SSSR count). The molecule has 2 saturated heterocycles. The average Bonchev–Trinajstić information content (AvgIpc) is 3.01. The number of benzene rings is 1. The summed E-state index contributed by atoms with van der Waals surface area (Å²) in [6.07, 6.45) is -0.978. The molecular weight excluding hydrogens is 343 g/mol. The lowest BCUT2D eigenvalue weighted by atomic mass is 10.2. The van der Waals surface area contributed by atoms with Crippen molar-refractivity contribution in [1.82, 2.24) is 5.32 Å². The third kappa shape index (κ3) is 4.05. The number of anilines is 2. The number of hydrogen-bond acceptors (Lipinski definition) is 6. The first-order valence-corrected chi connectivity index (χ1v) is 8.59. The lowest BCUT2D eigenvalue weighted by Crippen LogP contribution is -2.43. The number of halogens is 1. The number of hydrogen-bond donors (Lipinski definition) is 2. The molecule has 1 aromatic carbocycles. The number of morpholine rings is 1. The van der Waals surface area contributed by atoms with Gasteiger partial charge >= 0.3 is 6.09 Å². The summed E-state index contributed by atoms with van der Waals surface area (Å²) < 4.78 is 25.1. The number of cyclic esters (lactones) is 1. The van der Waals surface area contributed by atoms with Gasteiger partial charge in [-0.2, -0.15) is 0 Å². The molecule has 9 heteroatoms. The Bertz CT molecular complexity index is 681. The Balaban J connectivity index is 1.64. The lowest BCUT2D eigenvalue weighted by molar-refractivity contribution is -0.119. The van der Waals surface area contributed by atoms with E-state index in [0.717, 1.165) is 0 Å². The molecule has 2 heterocycles. The Morgan fingerprint density at radius 3 is 2.81 bits per heavy atom. The van der Waals surface area contributed by atoms with E-state index in [1.54, 1.807) is 19.1 Å². The molecule has 2 aliphatic heterocycles. The predicted octanol–water partition coefficient (Wildman–Crippen LogP) is 0.451. The third-order valence-corrected chi connectivity index (χ3v) is 4.55. The summed E-state index contributed by atoms with van der Waals surface area (Å²) in [7, 11) is 0. The van der Waals surface area contributed by atoms with Crippen molar-refractivity contribution >= 4 is 23.4 Å². The van der Waals surface area contributed by atoms with E-state index in [2.05, 4.69) is 5.32 Å². The van der Waals surface area contributed by atoms with Crippen LogP contribution in [0.1, 0.15) is 6.92 Å². The van der Waals surface area contributed by atoms with Gasteiger partial charge in [0.15, 0.2) is 0 Å². The predicted molar refractivity (Wildman–Crippen MR) is 93.7 cm³/mol. The SMILES string of the molecule is CC(NCC1CN(c2ccc(N3CCOCC3)c(F)c2)C(=O)O1)C(N)=O. The summed E-state index contributed by atoms with van der Waals surface area (Å²) in [5.74, 6) is -0.868. The van der Waals surface area contributed by atoms with Crippen LogP contribution in [0.15, 0.2) is 18.2 Å². The van der Waals surface area contributed by atoms with Gasteiger partial charge in [-0.25, -0.2) is 9.18 Å². The van der Waals surface area contributed by atoms with Crippen LogP contribution in [0.5, 0.6) is 0 Å². The molecule has 26 heavy (non-hydrogen) atoms. The van der Waals surface area contributed by atoms with Gasteiger partial charge in [-0.3, -0.25) is 9.69 Å². The Hall–Kier alpha value is -2.39. The standard InChI is InChI=1S/C17H23FN4O4/c1-11(16(19)23)20-9-13-10-22(17(24)26-13)12-2-3-15(14(18)8-12)21-4-6-25-7-5-21/h2-3,8,11,13,20H,4-7,9-10H2,1H3,(H2,19,23). The molecule has 2 atom stereocenters. The van der Waals surface area contributed by atoms with Crippen LogP contribution in [-0.4, -0.2) is 63.5 Å². The Morgan fingerprint density at radius 1 is 1.42 bits per heavy atom. The number of nitrogens with one attached hydrogen (secondary N) is 1. The van der Waals surface area contributed by atoms with E-state index in [4.69, 9.17) is 15.2 Å². The molecule has 8 nitrogen and oxygen atoms in total. The highest BCUT2D eigenvalue weighted by Gasteiger charge is 2.33. The van der Waals surface area contributed by atoms with Gasteiger partial charge in [-0.15, -0.1) is 0 Å². The molecule has 0 saturated carbocycles. The maximum atomic E-state index is 14.5. The van der Waals surface area contributed by atoms with Crippen LogP contribution in [0.2, 0.25) is 0 Å². The van der Waals surface area contributed by atoms with Crippen LogP contribution < -0.4 is 20.9 Å². The zero-order valence-corrected chi connectivity index (χ0v) is 14.6. The number of carbonyl (C=O) groups is 2. The highest BCUT2D eigenvalue weighted by atomic mass is 19.1. The zero-order chi connectivity index (χ0) is 18.7. The minimum Gasteiger partial charge on any atom is -0.443 e. The van der Waals surface area contributed by atoms with E-state index in [-0.39, 0.29) is 12.4 Å². The van der Waals surface area contributed by atoms with Crippen LogP contribution in [0.4, 0.5) is 20.6 Å². The first kappa shape index (κ1) is 18.4. The van der Waals surface area contributed by atoms with E-state index in [1.165, 1.54) is 11.0 Å². The van der Waals surface area contributed by atoms with Gasteiger partial charge in [0, 0.05) is 19.6 Å². The topological polar surface area (TPSA) is 97.1 Å². The first-order valence-electron chi connectivity index (χ1n) is 8.59. The van der Waals surface area contributed by atoms with Crippen molar-refractivity contribution in [3.8, 4) is 0 Å². The minimum absolute atomic E-state index is 0.271. The number of nitrogens with zero attached hydrogens (tertiary/aromatic N) is 2. The largest absolute Gasteiger partial charge is 0.443 e. The molecule has 2 unspecified atom stereocenters. The second kappa shape index (κ2) is 7.88. The molecule has 1 aromatic rings. The highest BCUT2D eigenvalue weighted by Crippen LogP contribution is 2.28. The van der Waals surface area contributed by atoms with Crippen molar-refractivity contribution in [3.05, 3.63) is 24.0 Å². The number of amides is 2.